The van der Waals surface area contributed by atoms with Crippen molar-refractivity contribution < 1.29 is 9.59 Å². The Bertz CT molecular complexity index is 917. The number of carbonyl (C=O) groups is 2. The molecule has 1 aliphatic carbocycles. The summed E-state index contributed by atoms with van der Waals surface area (Å²) in [6.07, 6.45) is 4.43. The van der Waals surface area contributed by atoms with E-state index in [1.54, 1.807) is 16.7 Å². The van der Waals surface area contributed by atoms with Crippen LogP contribution in [0.3, 0.4) is 0 Å². The second-order valence-electron chi connectivity index (χ2n) is 6.87. The number of benzene rings is 1. The number of rotatable bonds is 6. The highest BCUT2D eigenvalue weighted by molar-refractivity contribution is 7.98. The third-order valence-electron chi connectivity index (χ3n) is 4.99. The average molecular weight is 404 g/mol. The first-order chi connectivity index (χ1) is 13.1. The number of hydrogen-bond acceptors (Lipinski definition) is 5. The Morgan fingerprint density at radius 3 is 2.78 bits per heavy atom. The lowest BCUT2D eigenvalue weighted by Crippen LogP contribution is -2.33. The summed E-state index contributed by atoms with van der Waals surface area (Å²) in [4.78, 5) is 27.8. The summed E-state index contributed by atoms with van der Waals surface area (Å²) in [5, 5.41) is 9.94. The summed E-state index contributed by atoms with van der Waals surface area (Å²) in [6, 6.07) is 8.23. The Labute approximate surface area is 166 Å². The Kier molecular flexibility index (Phi) is 5.05. The zero-order valence-electron chi connectivity index (χ0n) is 15.0. The SMILES string of the molecule is CSc1ccc(N2CC(C(=O)NCc3n[nH]c(=S)n3C3CC3)CC2=O)cc1. The molecule has 0 bridgehead atoms. The van der Waals surface area contributed by atoms with Crippen LogP contribution in [0.25, 0.3) is 0 Å². The Morgan fingerprint density at radius 1 is 1.37 bits per heavy atom. The van der Waals surface area contributed by atoms with Crippen molar-refractivity contribution in [3.05, 3.63) is 34.9 Å². The van der Waals surface area contributed by atoms with Crippen LogP contribution < -0.4 is 10.2 Å². The molecule has 0 radical (unpaired) electrons. The van der Waals surface area contributed by atoms with Crippen molar-refractivity contribution in [3.8, 4) is 0 Å². The van der Waals surface area contributed by atoms with Gasteiger partial charge in [-0.25, -0.2) is 0 Å². The highest BCUT2D eigenvalue weighted by Crippen LogP contribution is 2.35. The molecule has 2 fully saturated rings. The van der Waals surface area contributed by atoms with Crippen LogP contribution in [0.2, 0.25) is 0 Å². The van der Waals surface area contributed by atoms with Crippen LogP contribution in [-0.2, 0) is 16.1 Å². The number of H-pyrrole nitrogens is 1. The predicted octanol–water partition coefficient (Wildman–Crippen LogP) is 2.67. The smallest absolute Gasteiger partial charge is 0.227 e. The maximum atomic E-state index is 12.6. The molecular formula is C18H21N5O2S2. The molecule has 27 heavy (non-hydrogen) atoms. The van der Waals surface area contributed by atoms with Crippen LogP contribution in [0.15, 0.2) is 29.2 Å². The lowest BCUT2D eigenvalue weighted by Gasteiger charge is -2.17. The van der Waals surface area contributed by atoms with E-state index in [0.29, 0.717) is 23.9 Å². The predicted molar refractivity (Wildman–Crippen MR) is 106 cm³/mol. The lowest BCUT2D eigenvalue weighted by atomic mass is 10.1. The van der Waals surface area contributed by atoms with Crippen LogP contribution in [0.5, 0.6) is 0 Å². The van der Waals surface area contributed by atoms with Gasteiger partial charge < -0.3 is 10.2 Å². The van der Waals surface area contributed by atoms with Gasteiger partial charge in [-0.3, -0.25) is 19.3 Å². The molecule has 1 saturated heterocycles. The summed E-state index contributed by atoms with van der Waals surface area (Å²) in [5.41, 5.74) is 0.836. The van der Waals surface area contributed by atoms with Crippen LogP contribution in [0.1, 0.15) is 31.1 Å². The molecule has 1 aromatic carbocycles. The van der Waals surface area contributed by atoms with Crippen molar-refractivity contribution in [2.24, 2.45) is 5.92 Å². The highest BCUT2D eigenvalue weighted by atomic mass is 32.2. The van der Waals surface area contributed by atoms with E-state index in [9.17, 15) is 9.59 Å². The van der Waals surface area contributed by atoms with Gasteiger partial charge in [-0.1, -0.05) is 0 Å². The molecular weight excluding hydrogens is 382 g/mol. The fourth-order valence-corrected chi connectivity index (χ4v) is 4.09. The summed E-state index contributed by atoms with van der Waals surface area (Å²) in [7, 11) is 0. The van der Waals surface area contributed by atoms with Gasteiger partial charge in [0.15, 0.2) is 10.6 Å². The van der Waals surface area contributed by atoms with Gasteiger partial charge in [-0.15, -0.1) is 11.8 Å². The van der Waals surface area contributed by atoms with Crippen LogP contribution >= 0.6 is 24.0 Å². The fraction of sp³-hybridized carbons (Fsp3) is 0.444. The van der Waals surface area contributed by atoms with E-state index in [0.717, 1.165) is 29.2 Å². The maximum absolute atomic E-state index is 12.6. The van der Waals surface area contributed by atoms with Gasteiger partial charge in [0.1, 0.15) is 0 Å². The summed E-state index contributed by atoms with van der Waals surface area (Å²) >= 11 is 6.91. The zero-order chi connectivity index (χ0) is 19.0. The molecule has 2 heterocycles. The maximum Gasteiger partial charge on any atom is 0.227 e. The average Bonchev–Trinajstić information content (AvgIpc) is 3.34. The molecule has 2 aliphatic rings. The highest BCUT2D eigenvalue weighted by Gasteiger charge is 2.35. The number of carbonyl (C=O) groups excluding carboxylic acids is 2. The van der Waals surface area contributed by atoms with Gasteiger partial charge in [0.25, 0.3) is 0 Å². The van der Waals surface area contributed by atoms with Crippen molar-refractivity contribution in [3.63, 3.8) is 0 Å². The molecule has 142 valence electrons. The van der Waals surface area contributed by atoms with Crippen LogP contribution in [0, 0.1) is 10.7 Å². The second kappa shape index (κ2) is 7.47. The van der Waals surface area contributed by atoms with Gasteiger partial charge in [0.2, 0.25) is 11.8 Å². The van der Waals surface area contributed by atoms with Gasteiger partial charge >= 0.3 is 0 Å². The van der Waals surface area contributed by atoms with Gasteiger partial charge in [0.05, 0.1) is 12.5 Å². The molecule has 9 heteroatoms. The normalized spacial score (nSPS) is 19.5. The Morgan fingerprint density at radius 2 is 2.11 bits per heavy atom. The molecule has 2 amide bonds. The van der Waals surface area contributed by atoms with Crippen molar-refractivity contribution in [2.45, 2.75) is 36.7 Å². The van der Waals surface area contributed by atoms with E-state index in [-0.39, 0.29) is 24.2 Å². The first-order valence-corrected chi connectivity index (χ1v) is 10.6. The van der Waals surface area contributed by atoms with E-state index in [2.05, 4.69) is 15.5 Å². The number of aromatic nitrogens is 3. The largest absolute Gasteiger partial charge is 0.348 e. The van der Waals surface area contributed by atoms with Gasteiger partial charge in [-0.05, 0) is 55.6 Å². The standard InChI is InChI=1S/C18H21N5O2S2/c1-27-14-6-4-12(5-7-14)22-10-11(8-16(22)24)17(25)19-9-15-20-21-18(26)23(15)13-2-3-13/h4-7,11,13H,2-3,8-10H2,1H3,(H,19,25)(H,21,26). The van der Waals surface area contributed by atoms with E-state index < -0.39 is 0 Å². The van der Waals surface area contributed by atoms with E-state index >= 15 is 0 Å². The summed E-state index contributed by atoms with van der Waals surface area (Å²) in [5.74, 6) is 0.245. The van der Waals surface area contributed by atoms with Crippen molar-refractivity contribution >= 4 is 41.5 Å². The number of aromatic amines is 1. The molecule has 1 unspecified atom stereocenters. The number of amides is 2. The minimum atomic E-state index is -0.353. The van der Waals surface area contributed by atoms with E-state index in [1.807, 2.05) is 35.1 Å². The second-order valence-corrected chi connectivity index (χ2v) is 8.13. The molecule has 7 nitrogen and oxygen atoms in total. The Hall–Kier alpha value is -2.13. The van der Waals surface area contributed by atoms with Crippen LogP contribution in [0.4, 0.5) is 5.69 Å². The monoisotopic (exact) mass is 403 g/mol. The first-order valence-electron chi connectivity index (χ1n) is 8.94. The number of nitrogens with zero attached hydrogens (tertiary/aromatic N) is 3. The lowest BCUT2D eigenvalue weighted by molar-refractivity contribution is -0.126. The number of anilines is 1. The van der Waals surface area contributed by atoms with Crippen molar-refractivity contribution in [1.82, 2.24) is 20.1 Å². The topological polar surface area (TPSA) is 83.0 Å². The third-order valence-corrected chi connectivity index (χ3v) is 6.02. The zero-order valence-corrected chi connectivity index (χ0v) is 16.6. The Balaban J connectivity index is 1.38. The van der Waals surface area contributed by atoms with Gasteiger partial charge in [0, 0.05) is 29.6 Å². The number of thioether (sulfide) groups is 1. The van der Waals surface area contributed by atoms with Gasteiger partial charge in [-0.2, -0.15) is 5.10 Å². The van der Waals surface area contributed by atoms with E-state index in [1.165, 1.54) is 0 Å². The molecule has 0 spiro atoms. The molecule has 1 atom stereocenters. The quantitative estimate of drug-likeness (QED) is 0.572. The molecule has 2 aromatic rings. The molecule has 4 rings (SSSR count). The molecule has 1 aromatic heterocycles. The first kappa shape index (κ1) is 18.2. The van der Waals surface area contributed by atoms with Crippen molar-refractivity contribution in [2.75, 3.05) is 17.7 Å². The molecule has 1 aliphatic heterocycles. The number of nitrogens with one attached hydrogen (secondary N) is 2. The third kappa shape index (κ3) is 3.79. The molecule has 1 saturated carbocycles. The summed E-state index contributed by atoms with van der Waals surface area (Å²) in [6.45, 7) is 0.717. The summed E-state index contributed by atoms with van der Waals surface area (Å²) < 4.78 is 2.58. The van der Waals surface area contributed by atoms with Crippen LogP contribution in [-0.4, -0.2) is 39.4 Å². The minimum absolute atomic E-state index is 0.0206. The minimum Gasteiger partial charge on any atom is -0.348 e. The molecule has 2 N–H and O–H groups in total. The fourth-order valence-electron chi connectivity index (χ4n) is 3.38. The van der Waals surface area contributed by atoms with E-state index in [4.69, 9.17) is 12.2 Å². The van der Waals surface area contributed by atoms with Crippen molar-refractivity contribution in [1.29, 1.82) is 0 Å². The number of hydrogen-bond donors (Lipinski definition) is 2.